The molecule has 2 N–H and O–H groups in total. The molecule has 0 saturated heterocycles. The van der Waals surface area contributed by atoms with Crippen molar-refractivity contribution in [1.29, 1.82) is 5.26 Å². The van der Waals surface area contributed by atoms with Crippen LogP contribution < -0.4 is 9.47 Å². The summed E-state index contributed by atoms with van der Waals surface area (Å²) in [5.74, 6) is -1.21. The Morgan fingerprint density at radius 1 is 1.09 bits per heavy atom. The molecule has 0 aliphatic carbocycles. The first-order valence-corrected chi connectivity index (χ1v) is 6.96. The molecule has 0 aliphatic rings. The van der Waals surface area contributed by atoms with Crippen molar-refractivity contribution in [1.82, 2.24) is 0 Å². The first-order valence-electron chi connectivity index (χ1n) is 6.96. The van der Waals surface area contributed by atoms with Crippen LogP contribution >= 0.6 is 0 Å². The number of hydrogen-bond acceptors (Lipinski definition) is 5. The number of methoxy groups -OCH3 is 2. The van der Waals surface area contributed by atoms with Gasteiger partial charge in [0.15, 0.2) is 11.5 Å². The van der Waals surface area contributed by atoms with Gasteiger partial charge >= 0.3 is 11.9 Å². The standard InChI is InChI=1S/C16H19NO6/c1-22-12-4-3-11(9-13(12)23-2)16(10-17,7-5-14(18)19)8-6-15(20)21/h3-4,9H,5-8H2,1-2H3,(H,18,19)(H,20,21). The van der Waals surface area contributed by atoms with E-state index < -0.39 is 17.4 Å². The first kappa shape index (κ1) is 18.3. The zero-order chi connectivity index (χ0) is 17.5. The van der Waals surface area contributed by atoms with E-state index in [2.05, 4.69) is 6.07 Å². The summed E-state index contributed by atoms with van der Waals surface area (Å²) in [5.41, 5.74) is -0.698. The summed E-state index contributed by atoms with van der Waals surface area (Å²) in [6.07, 6.45) is -0.438. The maximum atomic E-state index is 10.9. The van der Waals surface area contributed by atoms with Crippen LogP contribution in [0.4, 0.5) is 0 Å². The Labute approximate surface area is 134 Å². The molecule has 1 rings (SSSR count). The van der Waals surface area contributed by atoms with E-state index in [9.17, 15) is 14.9 Å². The fourth-order valence-electron chi connectivity index (χ4n) is 2.36. The van der Waals surface area contributed by atoms with Crippen molar-refractivity contribution in [3.63, 3.8) is 0 Å². The van der Waals surface area contributed by atoms with E-state index in [0.717, 1.165) is 0 Å². The highest BCUT2D eigenvalue weighted by atomic mass is 16.5. The molecule has 0 atom stereocenters. The van der Waals surface area contributed by atoms with E-state index in [1.54, 1.807) is 18.2 Å². The van der Waals surface area contributed by atoms with Crippen LogP contribution in [0.3, 0.4) is 0 Å². The minimum Gasteiger partial charge on any atom is -0.493 e. The van der Waals surface area contributed by atoms with E-state index in [1.165, 1.54) is 14.2 Å². The maximum Gasteiger partial charge on any atom is 0.303 e. The number of aliphatic carboxylic acids is 2. The lowest BCUT2D eigenvalue weighted by atomic mass is 9.74. The molecule has 124 valence electrons. The van der Waals surface area contributed by atoms with Gasteiger partial charge in [-0.25, -0.2) is 0 Å². The van der Waals surface area contributed by atoms with Crippen molar-refractivity contribution in [2.75, 3.05) is 14.2 Å². The third-order valence-electron chi connectivity index (χ3n) is 3.68. The van der Waals surface area contributed by atoms with Gasteiger partial charge in [0, 0.05) is 12.8 Å². The molecule has 0 fully saturated rings. The lowest BCUT2D eigenvalue weighted by Crippen LogP contribution is -2.26. The van der Waals surface area contributed by atoms with Crippen LogP contribution in [-0.2, 0) is 15.0 Å². The Morgan fingerprint density at radius 2 is 1.61 bits per heavy atom. The smallest absolute Gasteiger partial charge is 0.303 e. The SMILES string of the molecule is COc1ccc(C(C#N)(CCC(=O)O)CCC(=O)O)cc1OC. The van der Waals surface area contributed by atoms with Crippen molar-refractivity contribution in [3.05, 3.63) is 23.8 Å². The van der Waals surface area contributed by atoms with Crippen LogP contribution in [-0.4, -0.2) is 36.4 Å². The number of carboxylic acid groups (broad SMARTS) is 2. The third-order valence-corrected chi connectivity index (χ3v) is 3.68. The van der Waals surface area contributed by atoms with Gasteiger partial charge < -0.3 is 19.7 Å². The van der Waals surface area contributed by atoms with Crippen LogP contribution in [0.25, 0.3) is 0 Å². The molecule has 0 radical (unpaired) electrons. The molecular formula is C16H19NO6. The Morgan fingerprint density at radius 3 is 2.00 bits per heavy atom. The predicted octanol–water partition coefficient (Wildman–Crippen LogP) is 2.19. The van der Waals surface area contributed by atoms with Crippen molar-refractivity contribution in [3.8, 4) is 17.6 Å². The van der Waals surface area contributed by atoms with E-state index in [0.29, 0.717) is 17.1 Å². The molecule has 23 heavy (non-hydrogen) atoms. The Hall–Kier alpha value is -2.75. The normalized spacial score (nSPS) is 10.7. The van der Waals surface area contributed by atoms with Crippen molar-refractivity contribution in [2.45, 2.75) is 31.1 Å². The summed E-state index contributed by atoms with van der Waals surface area (Å²) in [6, 6.07) is 6.94. The number of rotatable bonds is 9. The van der Waals surface area contributed by atoms with Gasteiger partial charge in [-0.1, -0.05) is 6.07 Å². The zero-order valence-electron chi connectivity index (χ0n) is 13.0. The molecule has 0 unspecified atom stereocenters. The number of benzene rings is 1. The van der Waals surface area contributed by atoms with Crippen LogP contribution in [0.15, 0.2) is 18.2 Å². The van der Waals surface area contributed by atoms with E-state index in [-0.39, 0.29) is 25.7 Å². The molecule has 0 saturated carbocycles. The summed E-state index contributed by atoms with van der Waals surface area (Å²) < 4.78 is 10.3. The largest absolute Gasteiger partial charge is 0.493 e. The molecule has 7 heteroatoms. The molecule has 7 nitrogen and oxygen atoms in total. The molecule has 0 aromatic heterocycles. The number of hydrogen-bond donors (Lipinski definition) is 2. The fourth-order valence-corrected chi connectivity index (χ4v) is 2.36. The second-order valence-electron chi connectivity index (χ2n) is 5.05. The quantitative estimate of drug-likeness (QED) is 0.716. The fraction of sp³-hybridized carbons (Fsp3) is 0.438. The van der Waals surface area contributed by atoms with Crippen LogP contribution in [0, 0.1) is 11.3 Å². The second-order valence-corrected chi connectivity index (χ2v) is 5.05. The average Bonchev–Trinajstić information content (AvgIpc) is 2.54. The van der Waals surface area contributed by atoms with Gasteiger partial charge in [0.2, 0.25) is 0 Å². The highest BCUT2D eigenvalue weighted by Gasteiger charge is 2.34. The van der Waals surface area contributed by atoms with Crippen molar-refractivity contribution in [2.24, 2.45) is 0 Å². The van der Waals surface area contributed by atoms with Crippen LogP contribution in [0.1, 0.15) is 31.2 Å². The van der Waals surface area contributed by atoms with Gasteiger partial charge in [-0.15, -0.1) is 0 Å². The maximum absolute atomic E-state index is 10.9. The lowest BCUT2D eigenvalue weighted by Gasteiger charge is -2.27. The van der Waals surface area contributed by atoms with E-state index >= 15 is 0 Å². The number of nitrogens with zero attached hydrogens (tertiary/aromatic N) is 1. The minimum atomic E-state index is -1.21. The monoisotopic (exact) mass is 321 g/mol. The Bertz CT molecular complexity index is 601. The zero-order valence-corrected chi connectivity index (χ0v) is 13.0. The minimum absolute atomic E-state index is 0.0155. The number of ether oxygens (including phenoxy) is 2. The molecular weight excluding hydrogens is 302 g/mol. The van der Waals surface area contributed by atoms with E-state index in [4.69, 9.17) is 19.7 Å². The van der Waals surface area contributed by atoms with Crippen molar-refractivity contribution >= 4 is 11.9 Å². The van der Waals surface area contributed by atoms with Gasteiger partial charge in [0.25, 0.3) is 0 Å². The highest BCUT2D eigenvalue weighted by molar-refractivity contribution is 5.68. The van der Waals surface area contributed by atoms with Crippen molar-refractivity contribution < 1.29 is 29.3 Å². The molecule has 1 aromatic carbocycles. The molecule has 1 aromatic rings. The summed E-state index contributed by atoms with van der Waals surface area (Å²) in [7, 11) is 2.92. The summed E-state index contributed by atoms with van der Waals surface area (Å²) >= 11 is 0. The van der Waals surface area contributed by atoms with Gasteiger partial charge in [0.1, 0.15) is 0 Å². The lowest BCUT2D eigenvalue weighted by molar-refractivity contribution is -0.137. The predicted molar refractivity (Wildman–Crippen MR) is 80.6 cm³/mol. The Kier molecular flexibility index (Phi) is 6.39. The third kappa shape index (κ3) is 4.61. The summed E-state index contributed by atoms with van der Waals surface area (Å²) in [5, 5.41) is 27.5. The molecule has 0 aliphatic heterocycles. The van der Waals surface area contributed by atoms with Gasteiger partial charge in [0.05, 0.1) is 25.7 Å². The molecule has 0 spiro atoms. The average molecular weight is 321 g/mol. The van der Waals surface area contributed by atoms with Crippen LogP contribution in [0.2, 0.25) is 0 Å². The number of carbonyl (C=O) groups is 2. The number of carboxylic acids is 2. The highest BCUT2D eigenvalue weighted by Crippen LogP contribution is 2.38. The number of nitriles is 1. The Balaban J connectivity index is 3.28. The molecule has 0 heterocycles. The van der Waals surface area contributed by atoms with E-state index in [1.807, 2.05) is 0 Å². The molecule has 0 bridgehead atoms. The second kappa shape index (κ2) is 8.03. The summed E-state index contributed by atoms with van der Waals surface area (Å²) in [4.78, 5) is 21.8. The molecule has 0 amide bonds. The topological polar surface area (TPSA) is 117 Å². The van der Waals surface area contributed by atoms with Gasteiger partial charge in [-0.05, 0) is 30.5 Å². The van der Waals surface area contributed by atoms with Gasteiger partial charge in [-0.3, -0.25) is 9.59 Å². The first-order chi connectivity index (χ1) is 10.9. The van der Waals surface area contributed by atoms with Crippen LogP contribution in [0.5, 0.6) is 11.5 Å². The van der Waals surface area contributed by atoms with Gasteiger partial charge in [-0.2, -0.15) is 5.26 Å². The summed E-state index contributed by atoms with van der Waals surface area (Å²) in [6.45, 7) is 0.